The number of nitrogens with one attached hydrogen (secondary N) is 1. The highest BCUT2D eigenvalue weighted by Crippen LogP contribution is 2.05. The number of urea groups is 1. The highest BCUT2D eigenvalue weighted by Gasteiger charge is 2.06. The van der Waals surface area contributed by atoms with E-state index < -0.39 is 6.03 Å². The zero-order chi connectivity index (χ0) is 13.5. The second-order valence-corrected chi connectivity index (χ2v) is 4.39. The first-order valence-corrected chi connectivity index (χ1v) is 5.81. The van der Waals surface area contributed by atoms with Gasteiger partial charge in [0.2, 0.25) is 5.91 Å². The summed E-state index contributed by atoms with van der Waals surface area (Å²) in [6, 6.07) is 7.44. The number of rotatable bonds is 5. The molecule has 0 aromatic heterocycles. The van der Waals surface area contributed by atoms with Crippen molar-refractivity contribution < 1.29 is 9.59 Å². The molecule has 0 aliphatic heterocycles. The Hall–Kier alpha value is -1.88. The standard InChI is InChI=1S/C13H19N3O2/c1-10-3-5-11(6-4-10)9-16(2)8-7-12(17)15-13(14)18/h3-6H,7-9H2,1-2H3,(H3,14,15,17,18). The van der Waals surface area contributed by atoms with E-state index in [0.29, 0.717) is 6.54 Å². The predicted molar refractivity (Wildman–Crippen MR) is 69.9 cm³/mol. The third kappa shape index (κ3) is 5.45. The van der Waals surface area contributed by atoms with Crippen molar-refractivity contribution in [1.29, 1.82) is 0 Å². The van der Waals surface area contributed by atoms with E-state index in [9.17, 15) is 9.59 Å². The van der Waals surface area contributed by atoms with E-state index in [1.54, 1.807) is 0 Å². The third-order valence-corrected chi connectivity index (χ3v) is 2.56. The van der Waals surface area contributed by atoms with Crippen LogP contribution in [0.25, 0.3) is 0 Å². The third-order valence-electron chi connectivity index (χ3n) is 2.56. The van der Waals surface area contributed by atoms with Gasteiger partial charge in [0.1, 0.15) is 0 Å². The molecular weight excluding hydrogens is 230 g/mol. The predicted octanol–water partition coefficient (Wildman–Crippen LogP) is 1.01. The van der Waals surface area contributed by atoms with Crippen LogP contribution < -0.4 is 11.1 Å². The van der Waals surface area contributed by atoms with E-state index in [1.807, 2.05) is 24.2 Å². The van der Waals surface area contributed by atoms with E-state index in [4.69, 9.17) is 5.73 Å². The SMILES string of the molecule is Cc1ccc(CN(C)CCC(=O)NC(N)=O)cc1. The molecule has 3 amide bonds. The number of hydrogen-bond donors (Lipinski definition) is 2. The topological polar surface area (TPSA) is 75.4 Å². The lowest BCUT2D eigenvalue weighted by molar-refractivity contribution is -0.120. The van der Waals surface area contributed by atoms with Crippen LogP contribution in [-0.4, -0.2) is 30.4 Å². The van der Waals surface area contributed by atoms with Gasteiger partial charge in [-0.3, -0.25) is 10.1 Å². The summed E-state index contributed by atoms with van der Waals surface area (Å²) in [4.78, 5) is 23.7. The molecule has 5 nitrogen and oxygen atoms in total. The fourth-order valence-electron chi connectivity index (χ4n) is 1.58. The summed E-state index contributed by atoms with van der Waals surface area (Å²) in [5.41, 5.74) is 7.27. The van der Waals surface area contributed by atoms with Gasteiger partial charge in [0, 0.05) is 19.5 Å². The number of amides is 3. The summed E-state index contributed by atoms with van der Waals surface area (Å²) in [6.07, 6.45) is 0.255. The Balaban J connectivity index is 2.33. The summed E-state index contributed by atoms with van der Waals surface area (Å²) in [7, 11) is 1.93. The van der Waals surface area contributed by atoms with Crippen LogP contribution in [0.4, 0.5) is 4.79 Å². The number of aryl methyl sites for hydroxylation is 1. The molecule has 0 atom stereocenters. The minimum atomic E-state index is -0.804. The summed E-state index contributed by atoms with van der Waals surface area (Å²) < 4.78 is 0. The molecule has 0 bridgehead atoms. The number of carbonyl (C=O) groups excluding carboxylic acids is 2. The average Bonchev–Trinajstić information content (AvgIpc) is 2.29. The zero-order valence-electron chi connectivity index (χ0n) is 10.8. The van der Waals surface area contributed by atoms with Crippen LogP contribution >= 0.6 is 0 Å². The van der Waals surface area contributed by atoms with Crippen molar-refractivity contribution in [3.8, 4) is 0 Å². The highest BCUT2D eigenvalue weighted by atomic mass is 16.2. The van der Waals surface area contributed by atoms with Crippen LogP contribution in [0, 0.1) is 6.92 Å². The molecule has 0 spiro atoms. The van der Waals surface area contributed by atoms with Crippen molar-refractivity contribution in [2.24, 2.45) is 5.73 Å². The van der Waals surface area contributed by atoms with Crippen molar-refractivity contribution in [3.63, 3.8) is 0 Å². The average molecular weight is 249 g/mol. The number of nitrogens with two attached hydrogens (primary N) is 1. The second-order valence-electron chi connectivity index (χ2n) is 4.39. The number of carbonyl (C=O) groups is 2. The fraction of sp³-hybridized carbons (Fsp3) is 0.385. The molecule has 0 saturated heterocycles. The summed E-state index contributed by atoms with van der Waals surface area (Å²) >= 11 is 0. The quantitative estimate of drug-likeness (QED) is 0.817. The van der Waals surface area contributed by atoms with Crippen molar-refractivity contribution in [2.45, 2.75) is 19.9 Å². The maximum absolute atomic E-state index is 11.2. The van der Waals surface area contributed by atoms with Gasteiger partial charge in [-0.15, -0.1) is 0 Å². The molecule has 0 heterocycles. The van der Waals surface area contributed by atoms with Gasteiger partial charge in [-0.25, -0.2) is 4.79 Å². The molecule has 18 heavy (non-hydrogen) atoms. The Morgan fingerprint density at radius 3 is 2.44 bits per heavy atom. The number of nitrogens with zero attached hydrogens (tertiary/aromatic N) is 1. The molecule has 1 aromatic rings. The first-order valence-electron chi connectivity index (χ1n) is 5.81. The number of imide groups is 1. The first kappa shape index (κ1) is 14.2. The van der Waals surface area contributed by atoms with E-state index in [0.717, 1.165) is 6.54 Å². The van der Waals surface area contributed by atoms with Crippen molar-refractivity contribution in [2.75, 3.05) is 13.6 Å². The Labute approximate surface area is 107 Å². The molecule has 0 aliphatic carbocycles. The molecule has 0 saturated carbocycles. The van der Waals surface area contributed by atoms with Crippen LogP contribution in [0.3, 0.4) is 0 Å². The van der Waals surface area contributed by atoms with E-state index in [2.05, 4.69) is 24.3 Å². The Morgan fingerprint density at radius 2 is 1.89 bits per heavy atom. The van der Waals surface area contributed by atoms with Crippen LogP contribution in [0.5, 0.6) is 0 Å². The molecule has 3 N–H and O–H groups in total. The number of benzene rings is 1. The fourth-order valence-corrected chi connectivity index (χ4v) is 1.58. The van der Waals surface area contributed by atoms with Gasteiger partial charge in [-0.1, -0.05) is 29.8 Å². The summed E-state index contributed by atoms with van der Waals surface area (Å²) in [5, 5.41) is 2.04. The van der Waals surface area contributed by atoms with Crippen molar-refractivity contribution in [3.05, 3.63) is 35.4 Å². The van der Waals surface area contributed by atoms with Gasteiger partial charge in [0.15, 0.2) is 0 Å². The van der Waals surface area contributed by atoms with E-state index in [-0.39, 0.29) is 12.3 Å². The normalized spacial score (nSPS) is 10.4. The molecule has 98 valence electrons. The van der Waals surface area contributed by atoms with Crippen LogP contribution in [0.2, 0.25) is 0 Å². The maximum Gasteiger partial charge on any atom is 0.318 e. The molecular formula is C13H19N3O2. The van der Waals surface area contributed by atoms with Gasteiger partial charge in [-0.2, -0.15) is 0 Å². The van der Waals surface area contributed by atoms with Gasteiger partial charge < -0.3 is 10.6 Å². The molecule has 0 unspecified atom stereocenters. The molecule has 0 aliphatic rings. The number of primary amides is 1. The highest BCUT2D eigenvalue weighted by molar-refractivity contribution is 5.93. The van der Waals surface area contributed by atoms with Crippen molar-refractivity contribution in [1.82, 2.24) is 10.2 Å². The lowest BCUT2D eigenvalue weighted by Gasteiger charge is -2.16. The molecule has 1 rings (SSSR count). The number of hydrogen-bond acceptors (Lipinski definition) is 3. The minimum absolute atomic E-state index is 0.255. The Bertz CT molecular complexity index is 415. The van der Waals surface area contributed by atoms with E-state index >= 15 is 0 Å². The summed E-state index contributed by atoms with van der Waals surface area (Å²) in [5.74, 6) is -0.349. The summed E-state index contributed by atoms with van der Waals surface area (Å²) in [6.45, 7) is 3.39. The molecule has 0 radical (unpaired) electrons. The molecule has 1 aromatic carbocycles. The van der Waals surface area contributed by atoms with Gasteiger partial charge in [-0.05, 0) is 19.5 Å². The lowest BCUT2D eigenvalue weighted by atomic mass is 10.1. The van der Waals surface area contributed by atoms with Crippen LogP contribution in [0.1, 0.15) is 17.5 Å². The van der Waals surface area contributed by atoms with E-state index in [1.165, 1.54) is 11.1 Å². The minimum Gasteiger partial charge on any atom is -0.351 e. The Kier molecular flexibility index (Phi) is 5.32. The lowest BCUT2D eigenvalue weighted by Crippen LogP contribution is -2.36. The smallest absolute Gasteiger partial charge is 0.318 e. The Morgan fingerprint density at radius 1 is 1.28 bits per heavy atom. The maximum atomic E-state index is 11.2. The second kappa shape index (κ2) is 6.76. The van der Waals surface area contributed by atoms with Gasteiger partial charge >= 0.3 is 6.03 Å². The largest absolute Gasteiger partial charge is 0.351 e. The zero-order valence-corrected chi connectivity index (χ0v) is 10.8. The first-order chi connectivity index (χ1) is 8.47. The molecule has 5 heteroatoms. The monoisotopic (exact) mass is 249 g/mol. The van der Waals surface area contributed by atoms with Gasteiger partial charge in [0.05, 0.1) is 0 Å². The molecule has 0 fully saturated rings. The van der Waals surface area contributed by atoms with Crippen LogP contribution in [-0.2, 0) is 11.3 Å². The van der Waals surface area contributed by atoms with Crippen molar-refractivity contribution >= 4 is 11.9 Å². The van der Waals surface area contributed by atoms with Gasteiger partial charge in [0.25, 0.3) is 0 Å². The van der Waals surface area contributed by atoms with Crippen LogP contribution in [0.15, 0.2) is 24.3 Å².